The van der Waals surface area contributed by atoms with Gasteiger partial charge >= 0.3 is 11.9 Å². The minimum atomic E-state index is -1.09. The maximum absolute atomic E-state index is 12.9. The molecule has 5 saturated carbocycles. The second-order valence-corrected chi connectivity index (χ2v) is 15.0. The first kappa shape index (κ1) is 27.2. The summed E-state index contributed by atoms with van der Waals surface area (Å²) in [5.41, 5.74) is 0.234. The van der Waals surface area contributed by atoms with E-state index in [-0.39, 0.29) is 28.8 Å². The molecule has 0 aromatic heterocycles. The monoisotopic (exact) mass is 514 g/mol. The SMILES string of the molecule is C=C(C)[C@@H]1CC[C@]2(C)CC[C@]3(CO)[C@H](CC[C@@H]4[C@@]5(C)CC[C@@H](OC(C)=O)[C@](C)(C(=O)O)[C@@H]5CC[C@]43C)[C@H]12. The Hall–Kier alpha value is -1.36. The van der Waals surface area contributed by atoms with Crippen LogP contribution in [0.15, 0.2) is 12.2 Å². The second kappa shape index (κ2) is 8.57. The summed E-state index contributed by atoms with van der Waals surface area (Å²) in [5.74, 6) is 0.687. The van der Waals surface area contributed by atoms with Crippen molar-refractivity contribution >= 4 is 11.9 Å². The van der Waals surface area contributed by atoms with E-state index >= 15 is 0 Å². The Labute approximate surface area is 223 Å². The van der Waals surface area contributed by atoms with Gasteiger partial charge in [-0.3, -0.25) is 9.59 Å². The molecule has 208 valence electrons. The van der Waals surface area contributed by atoms with E-state index in [1.165, 1.54) is 31.8 Å². The number of fused-ring (bicyclic) bond motifs is 7. The van der Waals surface area contributed by atoms with E-state index in [0.717, 1.165) is 38.5 Å². The van der Waals surface area contributed by atoms with Gasteiger partial charge in [-0.2, -0.15) is 0 Å². The molecule has 0 spiro atoms. The molecule has 0 unspecified atom stereocenters. The van der Waals surface area contributed by atoms with Crippen LogP contribution >= 0.6 is 0 Å². The highest BCUT2D eigenvalue weighted by Crippen LogP contribution is 2.77. The molecule has 0 aliphatic heterocycles. The van der Waals surface area contributed by atoms with Gasteiger partial charge in [0.15, 0.2) is 0 Å². The number of hydrogen-bond acceptors (Lipinski definition) is 4. The number of carbonyl (C=O) groups excluding carboxylic acids is 1. The molecule has 37 heavy (non-hydrogen) atoms. The minimum Gasteiger partial charge on any atom is -0.481 e. The summed E-state index contributed by atoms with van der Waals surface area (Å²) in [7, 11) is 0. The van der Waals surface area contributed by atoms with E-state index in [1.54, 1.807) is 0 Å². The van der Waals surface area contributed by atoms with E-state index in [1.807, 2.05) is 6.92 Å². The zero-order valence-electron chi connectivity index (χ0n) is 24.1. The van der Waals surface area contributed by atoms with Gasteiger partial charge in [-0.1, -0.05) is 32.9 Å². The number of carboxylic acid groups (broad SMARTS) is 1. The van der Waals surface area contributed by atoms with Crippen molar-refractivity contribution in [1.82, 2.24) is 0 Å². The van der Waals surface area contributed by atoms with E-state index < -0.39 is 23.5 Å². The Bertz CT molecular complexity index is 990. The van der Waals surface area contributed by atoms with Crippen LogP contribution in [0, 0.1) is 56.7 Å². The molecule has 0 saturated heterocycles. The van der Waals surface area contributed by atoms with Crippen LogP contribution in [0.3, 0.4) is 0 Å². The zero-order valence-corrected chi connectivity index (χ0v) is 24.1. The van der Waals surface area contributed by atoms with Crippen LogP contribution in [0.5, 0.6) is 0 Å². The average molecular weight is 515 g/mol. The molecule has 0 heterocycles. The third-order valence-corrected chi connectivity index (χ3v) is 13.8. The van der Waals surface area contributed by atoms with Crippen LogP contribution in [0.2, 0.25) is 0 Å². The number of carboxylic acids is 1. The second-order valence-electron chi connectivity index (χ2n) is 15.0. The molecule has 5 aliphatic rings. The minimum absolute atomic E-state index is 0.0346. The first-order chi connectivity index (χ1) is 17.2. The lowest BCUT2D eigenvalue weighted by molar-refractivity contribution is -0.264. The number of hydrogen-bond donors (Lipinski definition) is 2. The Balaban J connectivity index is 1.56. The van der Waals surface area contributed by atoms with Crippen molar-refractivity contribution in [2.24, 2.45) is 56.7 Å². The van der Waals surface area contributed by atoms with Gasteiger partial charge in [0.05, 0.1) is 0 Å². The van der Waals surface area contributed by atoms with Crippen molar-refractivity contribution in [3.8, 4) is 0 Å². The zero-order chi connectivity index (χ0) is 27.2. The van der Waals surface area contributed by atoms with Gasteiger partial charge in [0.25, 0.3) is 0 Å². The number of aliphatic carboxylic acids is 1. The Morgan fingerprint density at radius 2 is 1.59 bits per heavy atom. The lowest BCUT2D eigenvalue weighted by atomic mass is 9.32. The molecule has 5 fully saturated rings. The number of aliphatic hydroxyl groups is 1. The highest BCUT2D eigenvalue weighted by molar-refractivity contribution is 5.77. The normalized spacial score (nSPS) is 52.7. The maximum atomic E-state index is 12.9. The fourth-order valence-corrected chi connectivity index (χ4v) is 12.0. The van der Waals surface area contributed by atoms with E-state index in [0.29, 0.717) is 35.5 Å². The maximum Gasteiger partial charge on any atom is 0.313 e. The van der Waals surface area contributed by atoms with Crippen LogP contribution in [0.1, 0.15) is 106 Å². The fourth-order valence-electron chi connectivity index (χ4n) is 12.0. The summed E-state index contributed by atoms with van der Waals surface area (Å²) < 4.78 is 5.67. The van der Waals surface area contributed by atoms with Crippen LogP contribution in [0.25, 0.3) is 0 Å². The molecular formula is C32H50O5. The van der Waals surface area contributed by atoms with Crippen molar-refractivity contribution in [2.75, 3.05) is 6.61 Å². The smallest absolute Gasteiger partial charge is 0.313 e. The van der Waals surface area contributed by atoms with Gasteiger partial charge in [0, 0.05) is 18.9 Å². The standard InChI is InChI=1S/C32H50O5/c1-19(2)21-10-13-28(4)16-17-32(18-33)22(26(21)28)8-9-23-29(5)14-12-25(37-20(3)34)31(7,27(35)36)24(29)11-15-30(23,32)6/h21-26,33H,1,8-18H2,2-7H3,(H,35,36)/t21-,22+,23+,24+,25+,26-,28+,29+,30+,31+,32-/m0/s1. The molecule has 0 aromatic carbocycles. The molecule has 11 atom stereocenters. The third kappa shape index (κ3) is 3.37. The topological polar surface area (TPSA) is 83.8 Å². The van der Waals surface area contributed by atoms with Crippen molar-refractivity contribution in [2.45, 2.75) is 112 Å². The quantitative estimate of drug-likeness (QED) is 0.325. The highest BCUT2D eigenvalue weighted by Gasteiger charge is 2.73. The molecular weight excluding hydrogens is 464 g/mol. The molecule has 0 aromatic rings. The summed E-state index contributed by atoms with van der Waals surface area (Å²) in [6, 6.07) is 0. The number of rotatable bonds is 4. The van der Waals surface area contributed by atoms with Gasteiger partial charge in [-0.15, -0.1) is 0 Å². The number of esters is 1. The lowest BCUT2D eigenvalue weighted by Gasteiger charge is -2.73. The van der Waals surface area contributed by atoms with E-state index in [9.17, 15) is 19.8 Å². The summed E-state index contributed by atoms with van der Waals surface area (Å²) in [4.78, 5) is 24.8. The van der Waals surface area contributed by atoms with Crippen molar-refractivity contribution in [1.29, 1.82) is 0 Å². The highest BCUT2D eigenvalue weighted by atomic mass is 16.5. The fraction of sp³-hybridized carbons (Fsp3) is 0.875. The molecule has 0 amide bonds. The average Bonchev–Trinajstić information content (AvgIpc) is 3.18. The third-order valence-electron chi connectivity index (χ3n) is 13.8. The van der Waals surface area contributed by atoms with Crippen molar-refractivity contribution in [3.63, 3.8) is 0 Å². The lowest BCUT2D eigenvalue weighted by Crippen LogP contribution is -2.69. The predicted octanol–water partition coefficient (Wildman–Crippen LogP) is 6.63. The Kier molecular flexibility index (Phi) is 6.30. The predicted molar refractivity (Wildman–Crippen MR) is 144 cm³/mol. The summed E-state index contributed by atoms with van der Waals surface area (Å²) in [6.45, 7) is 17.4. The van der Waals surface area contributed by atoms with Crippen LogP contribution in [0.4, 0.5) is 0 Å². The number of allylic oxidation sites excluding steroid dienone is 1. The largest absolute Gasteiger partial charge is 0.481 e. The molecule has 2 N–H and O–H groups in total. The van der Waals surface area contributed by atoms with Gasteiger partial charge in [0.2, 0.25) is 0 Å². The summed E-state index contributed by atoms with van der Waals surface area (Å²) in [6.07, 6.45) is 9.58. The molecule has 5 aliphatic carbocycles. The van der Waals surface area contributed by atoms with Crippen LogP contribution < -0.4 is 0 Å². The van der Waals surface area contributed by atoms with Crippen molar-refractivity contribution < 1.29 is 24.5 Å². The first-order valence-electron chi connectivity index (χ1n) is 14.9. The number of carbonyl (C=O) groups is 2. The van der Waals surface area contributed by atoms with E-state index in [2.05, 4.69) is 34.3 Å². The van der Waals surface area contributed by atoms with Crippen LogP contribution in [-0.2, 0) is 14.3 Å². The van der Waals surface area contributed by atoms with Gasteiger partial charge in [-0.25, -0.2) is 0 Å². The van der Waals surface area contributed by atoms with Gasteiger partial charge < -0.3 is 14.9 Å². The van der Waals surface area contributed by atoms with Crippen LogP contribution in [-0.4, -0.2) is 34.9 Å². The van der Waals surface area contributed by atoms with Crippen molar-refractivity contribution in [3.05, 3.63) is 12.2 Å². The summed E-state index contributed by atoms with van der Waals surface area (Å²) >= 11 is 0. The molecule has 5 heteroatoms. The van der Waals surface area contributed by atoms with E-state index in [4.69, 9.17) is 4.74 Å². The number of ether oxygens (including phenoxy) is 1. The van der Waals surface area contributed by atoms with Gasteiger partial charge in [0.1, 0.15) is 11.5 Å². The summed E-state index contributed by atoms with van der Waals surface area (Å²) in [5, 5.41) is 21.9. The number of aliphatic hydroxyl groups excluding tert-OH is 1. The Morgan fingerprint density at radius 1 is 0.892 bits per heavy atom. The molecule has 0 bridgehead atoms. The molecule has 5 rings (SSSR count). The Morgan fingerprint density at radius 3 is 2.19 bits per heavy atom. The molecule has 0 radical (unpaired) electrons. The van der Waals surface area contributed by atoms with Gasteiger partial charge in [-0.05, 0) is 124 Å². The molecule has 5 nitrogen and oxygen atoms in total. The first-order valence-corrected chi connectivity index (χ1v) is 14.9.